The molecule has 1 aromatic heterocycles. The van der Waals surface area contributed by atoms with Crippen molar-refractivity contribution in [3.05, 3.63) is 46.1 Å². The minimum absolute atomic E-state index is 0.00799. The van der Waals surface area contributed by atoms with Crippen LogP contribution in [0.4, 0.5) is 11.5 Å². The summed E-state index contributed by atoms with van der Waals surface area (Å²) in [7, 11) is 0. The van der Waals surface area contributed by atoms with Gasteiger partial charge in [0.25, 0.3) is 5.69 Å². The summed E-state index contributed by atoms with van der Waals surface area (Å²) in [5, 5.41) is 24.8. The molecule has 0 amide bonds. The Morgan fingerprint density at radius 3 is 2.72 bits per heavy atom. The van der Waals surface area contributed by atoms with E-state index in [9.17, 15) is 15.2 Å². The highest BCUT2D eigenvalue weighted by molar-refractivity contribution is 5.61. The van der Waals surface area contributed by atoms with Gasteiger partial charge in [0, 0.05) is 36.0 Å². The van der Waals surface area contributed by atoms with E-state index in [1.165, 1.54) is 18.6 Å². The monoisotopic (exact) mass is 342 g/mol. The molecular formula is C18H22N4O3. The second kappa shape index (κ2) is 7.14. The van der Waals surface area contributed by atoms with Crippen molar-refractivity contribution in [2.75, 3.05) is 11.9 Å². The molecule has 7 heteroatoms. The predicted octanol–water partition coefficient (Wildman–Crippen LogP) is 3.47. The lowest BCUT2D eigenvalue weighted by molar-refractivity contribution is -0.384. The minimum Gasteiger partial charge on any atom is -0.388 e. The van der Waals surface area contributed by atoms with Crippen LogP contribution in [0.1, 0.15) is 37.8 Å². The van der Waals surface area contributed by atoms with Crippen molar-refractivity contribution in [3.8, 4) is 11.4 Å². The Bertz CT molecular complexity index is 773. The number of nitro benzene ring substituents is 1. The van der Waals surface area contributed by atoms with Gasteiger partial charge in [-0.3, -0.25) is 10.1 Å². The highest BCUT2D eigenvalue weighted by atomic mass is 16.6. The average molecular weight is 342 g/mol. The van der Waals surface area contributed by atoms with Gasteiger partial charge in [0.05, 0.1) is 10.5 Å². The van der Waals surface area contributed by atoms with E-state index in [0.717, 1.165) is 31.4 Å². The zero-order valence-electron chi connectivity index (χ0n) is 14.2. The summed E-state index contributed by atoms with van der Waals surface area (Å²) in [4.78, 5) is 19.4. The Balaban J connectivity index is 1.81. The third kappa shape index (κ3) is 4.30. The van der Waals surface area contributed by atoms with Crippen LogP contribution in [0, 0.1) is 17.0 Å². The molecular weight excluding hydrogens is 320 g/mol. The molecule has 2 aromatic rings. The molecule has 1 aliphatic carbocycles. The number of non-ortho nitro benzene ring substituents is 1. The number of aryl methyl sites for hydroxylation is 1. The summed E-state index contributed by atoms with van der Waals surface area (Å²) >= 11 is 0. The first kappa shape index (κ1) is 17.3. The molecule has 1 fully saturated rings. The smallest absolute Gasteiger partial charge is 0.270 e. The molecule has 1 saturated carbocycles. The number of nitro groups is 1. The lowest BCUT2D eigenvalue weighted by Crippen LogP contribution is -2.39. The summed E-state index contributed by atoms with van der Waals surface area (Å²) in [5.74, 6) is 1.05. The summed E-state index contributed by atoms with van der Waals surface area (Å²) in [5.41, 5.74) is 0.670. The summed E-state index contributed by atoms with van der Waals surface area (Å²) < 4.78 is 0. The van der Waals surface area contributed by atoms with Gasteiger partial charge in [0.15, 0.2) is 5.82 Å². The summed E-state index contributed by atoms with van der Waals surface area (Å²) in [6.45, 7) is 2.29. The van der Waals surface area contributed by atoms with E-state index in [4.69, 9.17) is 0 Å². The van der Waals surface area contributed by atoms with E-state index in [1.807, 2.05) is 13.0 Å². The number of anilines is 1. The highest BCUT2D eigenvalue weighted by Gasteiger charge is 2.28. The molecule has 0 radical (unpaired) electrons. The predicted molar refractivity (Wildman–Crippen MR) is 95.4 cm³/mol. The number of aliphatic hydroxyl groups is 1. The second-order valence-electron chi connectivity index (χ2n) is 6.66. The highest BCUT2D eigenvalue weighted by Crippen LogP contribution is 2.28. The fourth-order valence-electron chi connectivity index (χ4n) is 3.19. The molecule has 0 saturated heterocycles. The van der Waals surface area contributed by atoms with Gasteiger partial charge in [0.2, 0.25) is 0 Å². The molecule has 1 aromatic carbocycles. The maximum absolute atomic E-state index is 11.0. The van der Waals surface area contributed by atoms with Crippen molar-refractivity contribution in [2.24, 2.45) is 0 Å². The van der Waals surface area contributed by atoms with E-state index in [-0.39, 0.29) is 5.69 Å². The second-order valence-corrected chi connectivity index (χ2v) is 6.66. The van der Waals surface area contributed by atoms with Gasteiger partial charge in [-0.1, -0.05) is 31.4 Å². The molecule has 0 aliphatic heterocycles. The molecule has 0 unspecified atom stereocenters. The number of nitrogens with zero attached hydrogens (tertiary/aromatic N) is 3. The number of hydrogen-bond acceptors (Lipinski definition) is 6. The van der Waals surface area contributed by atoms with E-state index < -0.39 is 10.5 Å². The minimum atomic E-state index is -0.692. The number of benzene rings is 1. The van der Waals surface area contributed by atoms with Crippen molar-refractivity contribution < 1.29 is 10.0 Å². The number of aromatic nitrogens is 2. The van der Waals surface area contributed by atoms with Crippen molar-refractivity contribution in [1.82, 2.24) is 9.97 Å². The Morgan fingerprint density at radius 2 is 2.00 bits per heavy atom. The molecule has 2 N–H and O–H groups in total. The molecule has 3 rings (SSSR count). The Labute approximate surface area is 146 Å². The molecule has 1 aliphatic rings. The van der Waals surface area contributed by atoms with Crippen molar-refractivity contribution in [1.29, 1.82) is 0 Å². The Morgan fingerprint density at radius 1 is 1.24 bits per heavy atom. The fraction of sp³-hybridized carbons (Fsp3) is 0.444. The van der Waals surface area contributed by atoms with E-state index >= 15 is 0 Å². The zero-order chi connectivity index (χ0) is 17.9. The van der Waals surface area contributed by atoms with Crippen LogP contribution in [0.5, 0.6) is 0 Å². The Kier molecular flexibility index (Phi) is 4.94. The first-order valence-corrected chi connectivity index (χ1v) is 8.52. The molecule has 0 spiro atoms. The third-order valence-electron chi connectivity index (χ3n) is 4.55. The third-order valence-corrected chi connectivity index (χ3v) is 4.55. The van der Waals surface area contributed by atoms with Gasteiger partial charge < -0.3 is 10.4 Å². The van der Waals surface area contributed by atoms with E-state index in [2.05, 4.69) is 15.3 Å². The Hall–Kier alpha value is -2.54. The van der Waals surface area contributed by atoms with Crippen molar-refractivity contribution >= 4 is 11.5 Å². The zero-order valence-corrected chi connectivity index (χ0v) is 14.2. The standard InChI is InChI=1S/C18H22N4O3/c1-13-10-16(19-12-18(23)8-3-2-4-9-18)21-17(20-13)14-6-5-7-15(11-14)22(24)25/h5-7,10-11,23H,2-4,8-9,12H2,1H3,(H,19,20,21). The van der Waals surface area contributed by atoms with E-state index in [0.29, 0.717) is 23.8 Å². The van der Waals surface area contributed by atoms with Gasteiger partial charge >= 0.3 is 0 Å². The van der Waals surface area contributed by atoms with Crippen LogP contribution in [-0.4, -0.2) is 32.1 Å². The maximum atomic E-state index is 11.0. The van der Waals surface area contributed by atoms with Crippen LogP contribution >= 0.6 is 0 Å². The molecule has 1 heterocycles. The lowest BCUT2D eigenvalue weighted by Gasteiger charge is -2.32. The largest absolute Gasteiger partial charge is 0.388 e. The van der Waals surface area contributed by atoms with Gasteiger partial charge in [-0.25, -0.2) is 9.97 Å². The van der Waals surface area contributed by atoms with Gasteiger partial charge in [-0.15, -0.1) is 0 Å². The van der Waals surface area contributed by atoms with Crippen LogP contribution in [-0.2, 0) is 0 Å². The molecule has 132 valence electrons. The van der Waals surface area contributed by atoms with Gasteiger partial charge in [-0.2, -0.15) is 0 Å². The first-order valence-electron chi connectivity index (χ1n) is 8.52. The van der Waals surface area contributed by atoms with Crippen molar-refractivity contribution in [2.45, 2.75) is 44.6 Å². The molecule has 0 atom stereocenters. The molecule has 0 bridgehead atoms. The van der Waals surface area contributed by atoms with E-state index in [1.54, 1.807) is 12.1 Å². The van der Waals surface area contributed by atoms with Crippen LogP contribution in [0.15, 0.2) is 30.3 Å². The number of rotatable bonds is 5. The first-order chi connectivity index (χ1) is 12.0. The van der Waals surface area contributed by atoms with Crippen LogP contribution < -0.4 is 5.32 Å². The van der Waals surface area contributed by atoms with Gasteiger partial charge in [0.1, 0.15) is 5.82 Å². The lowest BCUT2D eigenvalue weighted by atomic mass is 9.85. The molecule has 7 nitrogen and oxygen atoms in total. The fourth-order valence-corrected chi connectivity index (χ4v) is 3.19. The van der Waals surface area contributed by atoms with Crippen LogP contribution in [0.2, 0.25) is 0 Å². The summed E-state index contributed by atoms with van der Waals surface area (Å²) in [6.07, 6.45) is 4.84. The van der Waals surface area contributed by atoms with Crippen LogP contribution in [0.25, 0.3) is 11.4 Å². The quantitative estimate of drug-likeness (QED) is 0.637. The SMILES string of the molecule is Cc1cc(NCC2(O)CCCCC2)nc(-c2cccc([N+](=O)[O-])c2)n1. The van der Waals surface area contributed by atoms with Crippen LogP contribution in [0.3, 0.4) is 0 Å². The number of hydrogen-bond donors (Lipinski definition) is 2. The summed E-state index contributed by atoms with van der Waals surface area (Å²) in [6, 6.07) is 8.09. The normalized spacial score (nSPS) is 16.4. The maximum Gasteiger partial charge on any atom is 0.270 e. The number of nitrogens with one attached hydrogen (secondary N) is 1. The van der Waals surface area contributed by atoms with Gasteiger partial charge in [-0.05, 0) is 19.8 Å². The average Bonchev–Trinajstić information content (AvgIpc) is 2.60. The molecule has 25 heavy (non-hydrogen) atoms. The topological polar surface area (TPSA) is 101 Å². The van der Waals surface area contributed by atoms with Crippen molar-refractivity contribution in [3.63, 3.8) is 0 Å².